The Morgan fingerprint density at radius 2 is 2.26 bits per heavy atom. The Bertz CT molecular complexity index is 511. The second kappa shape index (κ2) is 6.20. The first kappa shape index (κ1) is 14.1. The summed E-state index contributed by atoms with van der Waals surface area (Å²) in [6.07, 6.45) is 4.90. The Kier molecular flexibility index (Phi) is 4.59. The monoisotopic (exact) mass is 278 g/mol. The molecule has 3 nitrogen and oxygen atoms in total. The lowest BCUT2D eigenvalue weighted by molar-refractivity contribution is 0.0769. The fraction of sp³-hybridized carbons (Fsp3) is 0.467. The van der Waals surface area contributed by atoms with Crippen molar-refractivity contribution >= 4 is 17.5 Å². The average Bonchev–Trinajstić information content (AvgIpc) is 2.38. The zero-order chi connectivity index (χ0) is 13.8. The zero-order valence-corrected chi connectivity index (χ0v) is 12.2. The zero-order valence-electron chi connectivity index (χ0n) is 11.4. The summed E-state index contributed by atoms with van der Waals surface area (Å²) in [5.74, 6) is 0.0467. The van der Waals surface area contributed by atoms with E-state index in [2.05, 4.69) is 24.9 Å². The second-order valence-electron chi connectivity index (χ2n) is 4.97. The van der Waals surface area contributed by atoms with Gasteiger partial charge in [0.15, 0.2) is 0 Å². The number of aryl methyl sites for hydroxylation is 1. The molecule has 0 saturated carbocycles. The Balaban J connectivity index is 2.19. The van der Waals surface area contributed by atoms with Gasteiger partial charge in [-0.2, -0.15) is 0 Å². The third-order valence-corrected chi connectivity index (χ3v) is 3.52. The molecule has 0 radical (unpaired) electrons. The van der Waals surface area contributed by atoms with Crippen molar-refractivity contribution in [3.63, 3.8) is 0 Å². The molecule has 0 saturated heterocycles. The number of carbonyl (C=O) groups excluding carboxylic acids is 1. The number of rotatable bonds is 3. The van der Waals surface area contributed by atoms with Crippen LogP contribution in [-0.4, -0.2) is 28.9 Å². The highest BCUT2D eigenvalue weighted by Crippen LogP contribution is 2.17. The van der Waals surface area contributed by atoms with Crippen LogP contribution >= 0.6 is 11.6 Å². The first-order chi connectivity index (χ1) is 9.10. The van der Waals surface area contributed by atoms with Crippen molar-refractivity contribution in [3.05, 3.63) is 40.2 Å². The van der Waals surface area contributed by atoms with Crippen molar-refractivity contribution in [2.24, 2.45) is 0 Å². The molecule has 0 aromatic carbocycles. The van der Waals surface area contributed by atoms with Crippen molar-refractivity contribution in [1.29, 1.82) is 0 Å². The highest BCUT2D eigenvalue weighted by atomic mass is 35.5. The molecular formula is C15H19ClN2O. The van der Waals surface area contributed by atoms with Gasteiger partial charge in [0.1, 0.15) is 5.15 Å². The summed E-state index contributed by atoms with van der Waals surface area (Å²) in [7, 11) is 0. The van der Waals surface area contributed by atoms with E-state index in [1.54, 1.807) is 6.07 Å². The summed E-state index contributed by atoms with van der Waals surface area (Å²) in [5.41, 5.74) is 2.89. The summed E-state index contributed by atoms with van der Waals surface area (Å²) in [6, 6.07) is 3.52. The number of nitrogens with zero attached hydrogens (tertiary/aromatic N) is 2. The van der Waals surface area contributed by atoms with Crippen LogP contribution in [0.3, 0.4) is 0 Å². The molecule has 0 aliphatic carbocycles. The van der Waals surface area contributed by atoms with Crippen LogP contribution in [0.2, 0.25) is 5.15 Å². The fourth-order valence-corrected chi connectivity index (χ4v) is 2.42. The van der Waals surface area contributed by atoms with Crippen LogP contribution in [-0.2, 0) is 6.42 Å². The smallest absolute Gasteiger partial charge is 0.254 e. The van der Waals surface area contributed by atoms with E-state index in [4.69, 9.17) is 11.6 Å². The van der Waals surface area contributed by atoms with Crippen molar-refractivity contribution < 1.29 is 4.79 Å². The van der Waals surface area contributed by atoms with Crippen LogP contribution in [0.5, 0.6) is 0 Å². The Labute approximate surface area is 119 Å². The molecule has 1 aromatic heterocycles. The molecule has 19 heavy (non-hydrogen) atoms. The summed E-state index contributed by atoms with van der Waals surface area (Å²) in [5, 5.41) is 0.401. The topological polar surface area (TPSA) is 33.2 Å². The SMILES string of the molecule is CCCc1cc(C(=O)N2CC=C(C)CC2)cc(Cl)n1. The van der Waals surface area contributed by atoms with E-state index in [1.165, 1.54) is 5.57 Å². The average molecular weight is 279 g/mol. The largest absolute Gasteiger partial charge is 0.335 e. The number of carbonyl (C=O) groups is 1. The maximum Gasteiger partial charge on any atom is 0.254 e. The molecule has 0 unspecified atom stereocenters. The fourth-order valence-electron chi connectivity index (χ4n) is 2.20. The Morgan fingerprint density at radius 1 is 1.47 bits per heavy atom. The molecule has 1 aliphatic heterocycles. The molecule has 102 valence electrons. The van der Waals surface area contributed by atoms with E-state index in [0.29, 0.717) is 17.3 Å². The van der Waals surface area contributed by atoms with Crippen molar-refractivity contribution in [2.75, 3.05) is 13.1 Å². The highest BCUT2D eigenvalue weighted by molar-refractivity contribution is 6.29. The minimum atomic E-state index is 0.0467. The Morgan fingerprint density at radius 3 is 2.89 bits per heavy atom. The molecule has 1 aromatic rings. The van der Waals surface area contributed by atoms with Gasteiger partial charge in [-0.05, 0) is 31.9 Å². The minimum absolute atomic E-state index is 0.0467. The summed E-state index contributed by atoms with van der Waals surface area (Å²) in [4.78, 5) is 18.5. The van der Waals surface area contributed by atoms with Gasteiger partial charge in [-0.15, -0.1) is 0 Å². The van der Waals surface area contributed by atoms with Crippen molar-refractivity contribution in [1.82, 2.24) is 9.88 Å². The van der Waals surface area contributed by atoms with Gasteiger partial charge in [0.05, 0.1) is 0 Å². The van der Waals surface area contributed by atoms with Gasteiger partial charge in [-0.1, -0.05) is 36.6 Å². The van der Waals surface area contributed by atoms with E-state index < -0.39 is 0 Å². The third kappa shape index (κ3) is 3.57. The lowest BCUT2D eigenvalue weighted by Gasteiger charge is -2.25. The molecule has 2 rings (SSSR count). The van der Waals surface area contributed by atoms with Gasteiger partial charge in [0.2, 0.25) is 0 Å². The number of amides is 1. The molecular weight excluding hydrogens is 260 g/mol. The molecule has 4 heteroatoms. The first-order valence-corrected chi connectivity index (χ1v) is 7.09. The van der Waals surface area contributed by atoms with Gasteiger partial charge in [-0.25, -0.2) is 4.98 Å². The summed E-state index contributed by atoms with van der Waals surface area (Å²) < 4.78 is 0. The van der Waals surface area contributed by atoms with E-state index >= 15 is 0 Å². The number of hydrogen-bond acceptors (Lipinski definition) is 2. The molecule has 0 atom stereocenters. The van der Waals surface area contributed by atoms with Crippen LogP contribution in [0.25, 0.3) is 0 Å². The number of aromatic nitrogens is 1. The molecule has 2 heterocycles. The maximum atomic E-state index is 12.4. The van der Waals surface area contributed by atoms with Crippen LogP contribution in [0, 0.1) is 0 Å². The van der Waals surface area contributed by atoms with Gasteiger partial charge in [0.25, 0.3) is 5.91 Å². The second-order valence-corrected chi connectivity index (χ2v) is 5.36. The molecule has 1 amide bonds. The highest BCUT2D eigenvalue weighted by Gasteiger charge is 2.18. The third-order valence-electron chi connectivity index (χ3n) is 3.32. The number of hydrogen-bond donors (Lipinski definition) is 0. The van der Waals surface area contributed by atoms with Crippen LogP contribution in [0.15, 0.2) is 23.8 Å². The van der Waals surface area contributed by atoms with E-state index in [1.807, 2.05) is 11.0 Å². The molecule has 1 aliphatic rings. The number of halogens is 1. The predicted molar refractivity (Wildman–Crippen MR) is 77.5 cm³/mol. The van der Waals surface area contributed by atoms with Gasteiger partial charge in [0, 0.05) is 24.3 Å². The molecule has 0 spiro atoms. The lowest BCUT2D eigenvalue weighted by atomic mass is 10.1. The van der Waals surface area contributed by atoms with E-state index in [-0.39, 0.29) is 5.91 Å². The van der Waals surface area contributed by atoms with Gasteiger partial charge in [-0.3, -0.25) is 4.79 Å². The molecule has 0 fully saturated rings. The van der Waals surface area contributed by atoms with Crippen molar-refractivity contribution in [3.8, 4) is 0 Å². The predicted octanol–water partition coefficient (Wildman–Crippen LogP) is 3.48. The normalized spacial score (nSPS) is 15.3. The van der Waals surface area contributed by atoms with Gasteiger partial charge >= 0.3 is 0 Å². The molecule has 0 bridgehead atoms. The summed E-state index contributed by atoms with van der Waals surface area (Å²) in [6.45, 7) is 5.66. The maximum absolute atomic E-state index is 12.4. The minimum Gasteiger partial charge on any atom is -0.335 e. The van der Waals surface area contributed by atoms with E-state index in [0.717, 1.165) is 31.5 Å². The van der Waals surface area contributed by atoms with Crippen LogP contribution in [0.4, 0.5) is 0 Å². The van der Waals surface area contributed by atoms with Crippen LogP contribution in [0.1, 0.15) is 42.7 Å². The summed E-state index contributed by atoms with van der Waals surface area (Å²) >= 11 is 6.00. The van der Waals surface area contributed by atoms with Crippen molar-refractivity contribution in [2.45, 2.75) is 33.1 Å². The lowest BCUT2D eigenvalue weighted by Crippen LogP contribution is -2.34. The standard InChI is InChI=1S/C15H19ClN2O/c1-3-4-13-9-12(10-14(16)17-13)15(19)18-7-5-11(2)6-8-18/h5,9-10H,3-4,6-8H2,1-2H3. The molecule has 0 N–H and O–H groups in total. The Hall–Kier alpha value is -1.35. The quantitative estimate of drug-likeness (QED) is 0.626. The number of pyridine rings is 1. The van der Waals surface area contributed by atoms with Gasteiger partial charge < -0.3 is 4.90 Å². The first-order valence-electron chi connectivity index (χ1n) is 6.71. The van der Waals surface area contributed by atoms with E-state index in [9.17, 15) is 4.79 Å². The van der Waals surface area contributed by atoms with Crippen LogP contribution < -0.4 is 0 Å².